The molecule has 0 saturated heterocycles. The standard InChI is InChI=1S/C25H33ClF2O5S/c1-5-20(31)33-25(21(32)34-12-26)13(2)8-15-16-10-18(27)17-9-14(29)6-7-22(17,3)24(16,28)19(30)11-23(15,25)4/h6-7,9,13-16,18-19,29-30H,5,8,10-12H2,1-4H3/t13-,14?,15+,16?,18+,19+,22+,23+,24+,25+/m1/s1. The van der Waals surface area contributed by atoms with Crippen LogP contribution in [0.1, 0.15) is 53.4 Å². The van der Waals surface area contributed by atoms with Crippen LogP contribution in [0, 0.1) is 28.6 Å². The van der Waals surface area contributed by atoms with E-state index in [1.54, 1.807) is 27.7 Å². The summed E-state index contributed by atoms with van der Waals surface area (Å²) in [6.45, 7) is 6.76. The van der Waals surface area contributed by atoms with Gasteiger partial charge in [-0.25, -0.2) is 8.78 Å². The topological polar surface area (TPSA) is 83.8 Å². The van der Waals surface area contributed by atoms with Crippen molar-refractivity contribution in [2.75, 3.05) is 5.21 Å². The smallest absolute Gasteiger partial charge is 0.306 e. The predicted molar refractivity (Wildman–Crippen MR) is 127 cm³/mol. The molecule has 0 spiro atoms. The molecule has 4 rings (SSSR count). The molecule has 0 bridgehead atoms. The molecule has 0 heterocycles. The van der Waals surface area contributed by atoms with Crippen molar-refractivity contribution in [3.63, 3.8) is 0 Å². The number of hydrogen-bond donors (Lipinski definition) is 2. The monoisotopic (exact) mass is 518 g/mol. The molecule has 34 heavy (non-hydrogen) atoms. The van der Waals surface area contributed by atoms with E-state index in [4.69, 9.17) is 16.3 Å². The number of carbonyl (C=O) groups is 2. The van der Waals surface area contributed by atoms with Crippen LogP contribution in [0.2, 0.25) is 0 Å². The van der Waals surface area contributed by atoms with Crippen molar-refractivity contribution in [2.45, 2.75) is 83.0 Å². The van der Waals surface area contributed by atoms with Gasteiger partial charge in [-0.2, -0.15) is 0 Å². The van der Waals surface area contributed by atoms with Gasteiger partial charge in [-0.15, -0.1) is 11.6 Å². The number of hydrogen-bond acceptors (Lipinski definition) is 6. The molecule has 0 aromatic carbocycles. The summed E-state index contributed by atoms with van der Waals surface area (Å²) in [5, 5.41) is 21.0. The fraction of sp³-hybridized carbons (Fsp3) is 0.760. The van der Waals surface area contributed by atoms with Gasteiger partial charge < -0.3 is 14.9 Å². The molecule has 3 saturated carbocycles. The lowest BCUT2D eigenvalue weighted by molar-refractivity contribution is -0.228. The molecule has 0 aromatic heterocycles. The molecule has 4 aliphatic carbocycles. The normalized spacial score (nSPS) is 49.5. The van der Waals surface area contributed by atoms with Crippen molar-refractivity contribution in [2.24, 2.45) is 28.6 Å². The highest BCUT2D eigenvalue weighted by molar-refractivity contribution is 8.14. The van der Waals surface area contributed by atoms with E-state index >= 15 is 8.78 Å². The Morgan fingerprint density at radius 2 is 1.94 bits per heavy atom. The van der Waals surface area contributed by atoms with Crippen molar-refractivity contribution in [3.8, 4) is 0 Å². The van der Waals surface area contributed by atoms with Gasteiger partial charge >= 0.3 is 5.97 Å². The molecule has 4 aliphatic rings. The number of allylic oxidation sites excluding steroid dienone is 2. The zero-order valence-corrected chi connectivity index (χ0v) is 21.5. The van der Waals surface area contributed by atoms with Crippen molar-refractivity contribution >= 4 is 34.4 Å². The maximum Gasteiger partial charge on any atom is 0.306 e. The van der Waals surface area contributed by atoms with Crippen LogP contribution in [-0.4, -0.2) is 56.2 Å². The van der Waals surface area contributed by atoms with Gasteiger partial charge in [0.25, 0.3) is 0 Å². The highest BCUT2D eigenvalue weighted by Gasteiger charge is 2.78. The molecule has 190 valence electrons. The summed E-state index contributed by atoms with van der Waals surface area (Å²) >= 11 is 6.71. The fourth-order valence-corrected chi connectivity index (χ4v) is 8.83. The van der Waals surface area contributed by atoms with E-state index in [-0.39, 0.29) is 30.0 Å². The third kappa shape index (κ3) is 3.17. The number of alkyl halides is 3. The summed E-state index contributed by atoms with van der Waals surface area (Å²) in [5.41, 5.74) is -6.22. The minimum Gasteiger partial charge on any atom is -0.449 e. The maximum absolute atomic E-state index is 17.3. The van der Waals surface area contributed by atoms with Crippen LogP contribution in [-0.2, 0) is 14.3 Å². The van der Waals surface area contributed by atoms with Gasteiger partial charge in [0, 0.05) is 29.1 Å². The number of aliphatic hydroxyl groups excluding tert-OH is 2. The highest BCUT2D eigenvalue weighted by Crippen LogP contribution is 2.72. The molecule has 2 N–H and O–H groups in total. The van der Waals surface area contributed by atoms with Crippen LogP contribution in [0.4, 0.5) is 8.78 Å². The first-order valence-electron chi connectivity index (χ1n) is 11.9. The Kier molecular flexibility index (Phi) is 6.58. The predicted octanol–water partition coefficient (Wildman–Crippen LogP) is 4.49. The fourth-order valence-electron chi connectivity index (χ4n) is 7.74. The summed E-state index contributed by atoms with van der Waals surface area (Å²) in [6.07, 6.45) is 0.272. The molecule has 5 nitrogen and oxygen atoms in total. The Labute approximate surface area is 208 Å². The highest BCUT2D eigenvalue weighted by atomic mass is 35.5. The van der Waals surface area contributed by atoms with Crippen LogP contribution >= 0.6 is 23.4 Å². The van der Waals surface area contributed by atoms with Crippen LogP contribution in [0.15, 0.2) is 23.8 Å². The van der Waals surface area contributed by atoms with Gasteiger partial charge in [0.05, 0.1) is 17.4 Å². The number of ether oxygens (including phenoxy) is 1. The molecule has 10 atom stereocenters. The molecule has 0 amide bonds. The summed E-state index contributed by atoms with van der Waals surface area (Å²) in [5.74, 6) is -2.46. The molecule has 0 radical (unpaired) electrons. The number of aliphatic hydroxyl groups is 2. The van der Waals surface area contributed by atoms with E-state index in [0.717, 1.165) is 11.8 Å². The second-order valence-corrected chi connectivity index (χ2v) is 12.3. The third-order valence-electron chi connectivity index (χ3n) is 9.32. The maximum atomic E-state index is 17.3. The first-order chi connectivity index (χ1) is 15.8. The van der Waals surface area contributed by atoms with E-state index < -0.39 is 69.3 Å². The molecular formula is C25H33ClF2O5S. The van der Waals surface area contributed by atoms with Gasteiger partial charge in [-0.05, 0) is 43.8 Å². The van der Waals surface area contributed by atoms with Crippen molar-refractivity contribution < 1.29 is 33.3 Å². The van der Waals surface area contributed by atoms with E-state index in [1.165, 1.54) is 18.2 Å². The van der Waals surface area contributed by atoms with E-state index in [0.29, 0.717) is 6.42 Å². The summed E-state index contributed by atoms with van der Waals surface area (Å²) in [6, 6.07) is 0. The average molecular weight is 519 g/mol. The minimum absolute atomic E-state index is 0.0390. The third-order valence-corrected chi connectivity index (χ3v) is 10.3. The first kappa shape index (κ1) is 26.1. The zero-order chi connectivity index (χ0) is 25.3. The van der Waals surface area contributed by atoms with Gasteiger partial charge in [0.15, 0.2) is 11.3 Å². The lowest BCUT2D eigenvalue weighted by Crippen LogP contribution is -2.70. The van der Waals surface area contributed by atoms with Crippen LogP contribution in [0.5, 0.6) is 0 Å². The molecular weight excluding hydrogens is 486 g/mol. The lowest BCUT2D eigenvalue weighted by Gasteiger charge is -2.63. The van der Waals surface area contributed by atoms with Crippen LogP contribution in [0.3, 0.4) is 0 Å². The number of thioether (sulfide) groups is 1. The largest absolute Gasteiger partial charge is 0.449 e. The number of fused-ring (bicyclic) bond motifs is 5. The first-order valence-corrected chi connectivity index (χ1v) is 13.4. The Morgan fingerprint density at radius 3 is 2.56 bits per heavy atom. The van der Waals surface area contributed by atoms with E-state index in [1.807, 2.05) is 0 Å². The van der Waals surface area contributed by atoms with Crippen molar-refractivity contribution in [1.82, 2.24) is 0 Å². The summed E-state index contributed by atoms with van der Waals surface area (Å²) < 4.78 is 38.8. The molecule has 3 fully saturated rings. The second kappa shape index (κ2) is 8.56. The van der Waals surface area contributed by atoms with E-state index in [9.17, 15) is 19.8 Å². The van der Waals surface area contributed by atoms with Crippen molar-refractivity contribution in [1.29, 1.82) is 0 Å². The quantitative estimate of drug-likeness (QED) is 0.324. The number of carbonyl (C=O) groups excluding carboxylic acids is 2. The van der Waals surface area contributed by atoms with Gasteiger partial charge in [-0.3, -0.25) is 9.59 Å². The van der Waals surface area contributed by atoms with Gasteiger partial charge in [0.2, 0.25) is 5.12 Å². The average Bonchev–Trinajstić information content (AvgIpc) is 2.99. The Hall–Kier alpha value is -0.960. The van der Waals surface area contributed by atoms with Crippen molar-refractivity contribution in [3.05, 3.63) is 23.8 Å². The van der Waals surface area contributed by atoms with Gasteiger partial charge in [-0.1, -0.05) is 44.7 Å². The number of halogens is 3. The minimum atomic E-state index is -2.21. The number of rotatable bonds is 4. The molecule has 9 heteroatoms. The number of esters is 1. The SMILES string of the molecule is CCC(=O)O[C@]1(C(=O)SCCl)[C@H](C)C[C@H]2C3C[C@H](F)C4=CC(O)C=C[C@]4(C)[C@@]3(F)[C@@H](O)C[C@@]21C. The summed E-state index contributed by atoms with van der Waals surface area (Å²) in [7, 11) is 0. The molecule has 2 unspecified atom stereocenters. The van der Waals surface area contributed by atoms with Gasteiger partial charge in [0.1, 0.15) is 6.17 Å². The summed E-state index contributed by atoms with van der Waals surface area (Å²) in [4.78, 5) is 26.1. The zero-order valence-electron chi connectivity index (χ0n) is 19.9. The second-order valence-electron chi connectivity index (χ2n) is 10.7. The Balaban J connectivity index is 1.87. The Bertz CT molecular complexity index is 944. The lowest BCUT2D eigenvalue weighted by atomic mass is 9.44. The van der Waals surface area contributed by atoms with E-state index in [2.05, 4.69) is 0 Å². The molecule has 0 aliphatic heterocycles. The van der Waals surface area contributed by atoms with Crippen LogP contribution in [0.25, 0.3) is 0 Å². The van der Waals surface area contributed by atoms with Crippen LogP contribution < -0.4 is 0 Å². The Morgan fingerprint density at radius 1 is 1.26 bits per heavy atom. The molecule has 0 aromatic rings.